The molecule has 2 nitrogen and oxygen atoms in total. The molecule has 2 N–H and O–H groups in total. The Morgan fingerprint density at radius 3 is 2.57 bits per heavy atom. The molecule has 0 aromatic carbocycles. The van der Waals surface area contributed by atoms with E-state index in [4.69, 9.17) is 0 Å². The zero-order valence-electron chi connectivity index (χ0n) is 9.84. The van der Waals surface area contributed by atoms with E-state index in [-0.39, 0.29) is 0 Å². The number of rotatable bonds is 3. The third-order valence-electron chi connectivity index (χ3n) is 3.08. The standard InChI is InChI=1S/C12H25NO/c1-10-5-4-6-11(8-7-10)13-9-12(2,3)14/h10-11,13-14H,4-9H2,1-3H3. The van der Waals surface area contributed by atoms with Crippen molar-refractivity contribution in [1.82, 2.24) is 5.32 Å². The predicted octanol–water partition coefficient (Wildman–Crippen LogP) is 2.32. The van der Waals surface area contributed by atoms with Crippen LogP contribution in [0.2, 0.25) is 0 Å². The lowest BCUT2D eigenvalue weighted by Crippen LogP contribution is -2.40. The zero-order valence-corrected chi connectivity index (χ0v) is 9.84. The van der Waals surface area contributed by atoms with E-state index in [1.807, 2.05) is 13.8 Å². The fourth-order valence-electron chi connectivity index (χ4n) is 2.09. The third kappa shape index (κ3) is 4.97. The number of nitrogens with one attached hydrogen (secondary N) is 1. The monoisotopic (exact) mass is 199 g/mol. The summed E-state index contributed by atoms with van der Waals surface area (Å²) >= 11 is 0. The van der Waals surface area contributed by atoms with Crippen LogP contribution in [-0.2, 0) is 0 Å². The first-order valence-electron chi connectivity index (χ1n) is 5.93. The smallest absolute Gasteiger partial charge is 0.0715 e. The van der Waals surface area contributed by atoms with Crippen LogP contribution in [0.4, 0.5) is 0 Å². The normalized spacial score (nSPS) is 30.0. The summed E-state index contributed by atoms with van der Waals surface area (Å²) < 4.78 is 0. The van der Waals surface area contributed by atoms with Crippen molar-refractivity contribution in [3.63, 3.8) is 0 Å². The van der Waals surface area contributed by atoms with Crippen molar-refractivity contribution in [3.8, 4) is 0 Å². The van der Waals surface area contributed by atoms with Gasteiger partial charge in [0.25, 0.3) is 0 Å². The SMILES string of the molecule is CC1CCCC(NCC(C)(C)O)CC1. The van der Waals surface area contributed by atoms with E-state index >= 15 is 0 Å². The van der Waals surface area contributed by atoms with Crippen LogP contribution in [0, 0.1) is 5.92 Å². The molecule has 0 aliphatic heterocycles. The van der Waals surface area contributed by atoms with Gasteiger partial charge in [0.1, 0.15) is 0 Å². The Balaban J connectivity index is 2.24. The van der Waals surface area contributed by atoms with Gasteiger partial charge in [-0.25, -0.2) is 0 Å². The van der Waals surface area contributed by atoms with Gasteiger partial charge in [0, 0.05) is 12.6 Å². The summed E-state index contributed by atoms with van der Waals surface area (Å²) in [5.41, 5.74) is -0.572. The molecule has 84 valence electrons. The van der Waals surface area contributed by atoms with Crippen LogP contribution in [0.15, 0.2) is 0 Å². The summed E-state index contributed by atoms with van der Waals surface area (Å²) in [6, 6.07) is 0.631. The second-order valence-electron chi connectivity index (χ2n) is 5.50. The Labute approximate surface area is 88.1 Å². The molecule has 0 spiro atoms. The highest BCUT2D eigenvalue weighted by Crippen LogP contribution is 2.22. The Morgan fingerprint density at radius 1 is 1.21 bits per heavy atom. The molecule has 14 heavy (non-hydrogen) atoms. The van der Waals surface area contributed by atoms with Crippen molar-refractivity contribution >= 4 is 0 Å². The van der Waals surface area contributed by atoms with Crippen LogP contribution in [0.1, 0.15) is 52.9 Å². The Kier molecular flexibility index (Phi) is 4.39. The van der Waals surface area contributed by atoms with Gasteiger partial charge in [0.2, 0.25) is 0 Å². The molecule has 1 aliphatic rings. The topological polar surface area (TPSA) is 32.3 Å². The fourth-order valence-corrected chi connectivity index (χ4v) is 2.09. The van der Waals surface area contributed by atoms with Gasteiger partial charge in [0.15, 0.2) is 0 Å². The maximum atomic E-state index is 9.61. The van der Waals surface area contributed by atoms with Crippen molar-refractivity contribution in [1.29, 1.82) is 0 Å². The van der Waals surface area contributed by atoms with Gasteiger partial charge in [-0.3, -0.25) is 0 Å². The predicted molar refractivity (Wildman–Crippen MR) is 60.3 cm³/mol. The molecular weight excluding hydrogens is 174 g/mol. The molecule has 1 rings (SSSR count). The van der Waals surface area contributed by atoms with Gasteiger partial charge in [-0.05, 0) is 39.0 Å². The van der Waals surface area contributed by atoms with Crippen LogP contribution in [-0.4, -0.2) is 23.3 Å². The largest absolute Gasteiger partial charge is 0.389 e. The summed E-state index contributed by atoms with van der Waals surface area (Å²) in [4.78, 5) is 0. The van der Waals surface area contributed by atoms with Crippen LogP contribution < -0.4 is 5.32 Å². The first-order valence-corrected chi connectivity index (χ1v) is 5.93. The average Bonchev–Trinajstić information content (AvgIpc) is 2.25. The van der Waals surface area contributed by atoms with E-state index in [1.165, 1.54) is 32.1 Å². The number of aliphatic hydroxyl groups is 1. The molecule has 1 saturated carbocycles. The molecule has 0 aromatic heterocycles. The van der Waals surface area contributed by atoms with Gasteiger partial charge in [-0.15, -0.1) is 0 Å². The summed E-state index contributed by atoms with van der Waals surface area (Å²) in [6.45, 7) is 6.78. The highest BCUT2D eigenvalue weighted by molar-refractivity contribution is 4.77. The van der Waals surface area contributed by atoms with Crippen molar-refractivity contribution < 1.29 is 5.11 Å². The van der Waals surface area contributed by atoms with E-state index < -0.39 is 5.60 Å². The van der Waals surface area contributed by atoms with Gasteiger partial charge >= 0.3 is 0 Å². The van der Waals surface area contributed by atoms with Gasteiger partial charge in [-0.1, -0.05) is 19.8 Å². The lowest BCUT2D eigenvalue weighted by Gasteiger charge is -2.23. The molecule has 0 saturated heterocycles. The van der Waals surface area contributed by atoms with Crippen LogP contribution in [0.25, 0.3) is 0 Å². The Bertz CT molecular complexity index is 162. The first-order chi connectivity index (χ1) is 6.47. The van der Waals surface area contributed by atoms with E-state index in [2.05, 4.69) is 12.2 Å². The first kappa shape index (κ1) is 12.0. The molecule has 1 aliphatic carbocycles. The second-order valence-corrected chi connectivity index (χ2v) is 5.50. The van der Waals surface area contributed by atoms with Gasteiger partial charge in [0.05, 0.1) is 5.60 Å². The Morgan fingerprint density at radius 2 is 1.93 bits per heavy atom. The minimum absolute atomic E-state index is 0.572. The lowest BCUT2D eigenvalue weighted by molar-refractivity contribution is 0.0756. The molecule has 0 aromatic rings. The molecule has 1 fully saturated rings. The molecule has 0 amide bonds. The van der Waals surface area contributed by atoms with E-state index in [1.54, 1.807) is 0 Å². The molecular formula is C12H25NO. The summed E-state index contributed by atoms with van der Waals surface area (Å²) in [5, 5.41) is 13.1. The van der Waals surface area contributed by atoms with E-state index in [9.17, 15) is 5.11 Å². The molecule has 0 heterocycles. The van der Waals surface area contributed by atoms with Crippen molar-refractivity contribution in [2.75, 3.05) is 6.54 Å². The van der Waals surface area contributed by atoms with Crippen LogP contribution >= 0.6 is 0 Å². The lowest BCUT2D eigenvalue weighted by atomic mass is 10.0. The zero-order chi connectivity index (χ0) is 10.6. The summed E-state index contributed by atoms with van der Waals surface area (Å²) in [6.07, 6.45) is 6.60. The minimum Gasteiger partial charge on any atom is -0.389 e. The maximum Gasteiger partial charge on any atom is 0.0715 e. The Hall–Kier alpha value is -0.0800. The van der Waals surface area contributed by atoms with Gasteiger partial charge in [-0.2, -0.15) is 0 Å². The second kappa shape index (κ2) is 5.13. The van der Waals surface area contributed by atoms with Crippen molar-refractivity contribution in [2.45, 2.75) is 64.5 Å². The summed E-state index contributed by atoms with van der Waals surface area (Å²) in [7, 11) is 0. The molecule has 0 bridgehead atoms. The molecule has 2 atom stereocenters. The minimum atomic E-state index is -0.572. The number of hydrogen-bond donors (Lipinski definition) is 2. The highest BCUT2D eigenvalue weighted by atomic mass is 16.3. The van der Waals surface area contributed by atoms with Crippen LogP contribution in [0.3, 0.4) is 0 Å². The quantitative estimate of drug-likeness (QED) is 0.684. The van der Waals surface area contributed by atoms with Gasteiger partial charge < -0.3 is 10.4 Å². The number of hydrogen-bond acceptors (Lipinski definition) is 2. The fraction of sp³-hybridized carbons (Fsp3) is 1.00. The third-order valence-corrected chi connectivity index (χ3v) is 3.08. The maximum absolute atomic E-state index is 9.61. The van der Waals surface area contributed by atoms with Crippen molar-refractivity contribution in [2.24, 2.45) is 5.92 Å². The average molecular weight is 199 g/mol. The molecule has 2 unspecified atom stereocenters. The summed E-state index contributed by atoms with van der Waals surface area (Å²) in [5.74, 6) is 0.893. The highest BCUT2D eigenvalue weighted by Gasteiger charge is 2.18. The van der Waals surface area contributed by atoms with E-state index in [0.717, 1.165) is 5.92 Å². The molecule has 0 radical (unpaired) electrons. The van der Waals surface area contributed by atoms with Crippen LogP contribution in [0.5, 0.6) is 0 Å². The molecule has 2 heteroatoms. The van der Waals surface area contributed by atoms with Crippen molar-refractivity contribution in [3.05, 3.63) is 0 Å². The van der Waals surface area contributed by atoms with E-state index in [0.29, 0.717) is 12.6 Å².